The fourth-order valence-electron chi connectivity index (χ4n) is 4.22. The molecule has 0 aliphatic carbocycles. The Morgan fingerprint density at radius 2 is 1.29 bits per heavy atom. The van der Waals surface area contributed by atoms with E-state index in [0.29, 0.717) is 25.9 Å². The molecule has 1 heterocycles. The summed E-state index contributed by atoms with van der Waals surface area (Å²) in [6.45, 7) is 0.615. The monoisotopic (exact) mass is 456 g/mol. The second-order valence-corrected chi connectivity index (χ2v) is 8.37. The van der Waals surface area contributed by atoms with E-state index in [4.69, 9.17) is 4.74 Å². The van der Waals surface area contributed by atoms with Crippen LogP contribution in [0, 0.1) is 5.92 Å². The average molecular weight is 457 g/mol. The third kappa shape index (κ3) is 5.90. The van der Waals surface area contributed by atoms with E-state index in [1.165, 1.54) is 0 Å². The Morgan fingerprint density at radius 1 is 0.794 bits per heavy atom. The molecule has 0 bridgehead atoms. The van der Waals surface area contributed by atoms with Crippen LogP contribution in [0.2, 0.25) is 0 Å². The average Bonchev–Trinajstić information content (AvgIpc) is 2.89. The van der Waals surface area contributed by atoms with Crippen molar-refractivity contribution in [1.82, 2.24) is 4.90 Å². The van der Waals surface area contributed by atoms with Crippen molar-refractivity contribution in [3.63, 3.8) is 0 Å². The van der Waals surface area contributed by atoms with Gasteiger partial charge in [-0.3, -0.25) is 14.4 Å². The van der Waals surface area contributed by atoms with Crippen LogP contribution in [0.25, 0.3) is 0 Å². The molecule has 4 rings (SSSR count). The third-order valence-corrected chi connectivity index (χ3v) is 6.10. The van der Waals surface area contributed by atoms with Crippen LogP contribution in [0.15, 0.2) is 91.0 Å². The minimum absolute atomic E-state index is 0.0294. The summed E-state index contributed by atoms with van der Waals surface area (Å²) in [5.74, 6) is -1.47. The molecule has 1 aliphatic rings. The number of hydrogen-bond donors (Lipinski definition) is 1. The molecule has 6 heteroatoms. The first-order valence-corrected chi connectivity index (χ1v) is 11.5. The van der Waals surface area contributed by atoms with Gasteiger partial charge in [0, 0.05) is 24.7 Å². The zero-order valence-electron chi connectivity index (χ0n) is 18.9. The van der Waals surface area contributed by atoms with Gasteiger partial charge in [-0.25, -0.2) is 0 Å². The number of nitrogens with one attached hydrogen (secondary N) is 1. The number of hydrogen-bond acceptors (Lipinski definition) is 4. The van der Waals surface area contributed by atoms with Gasteiger partial charge in [-0.15, -0.1) is 0 Å². The highest BCUT2D eigenvalue weighted by molar-refractivity contribution is 5.92. The van der Waals surface area contributed by atoms with Crippen LogP contribution in [-0.2, 0) is 19.1 Å². The number of para-hydroxylation sites is 1. The quantitative estimate of drug-likeness (QED) is 0.540. The van der Waals surface area contributed by atoms with E-state index in [0.717, 1.165) is 16.8 Å². The number of carbonyl (C=O) groups is 3. The molecule has 2 amide bonds. The Labute approximate surface area is 199 Å². The van der Waals surface area contributed by atoms with Crippen molar-refractivity contribution in [3.05, 3.63) is 102 Å². The summed E-state index contributed by atoms with van der Waals surface area (Å²) < 4.78 is 5.47. The van der Waals surface area contributed by atoms with Gasteiger partial charge in [-0.1, -0.05) is 78.9 Å². The van der Waals surface area contributed by atoms with Crippen molar-refractivity contribution in [2.75, 3.05) is 25.0 Å². The van der Waals surface area contributed by atoms with E-state index >= 15 is 0 Å². The van der Waals surface area contributed by atoms with Gasteiger partial charge in [0.05, 0.1) is 0 Å². The maximum Gasteiger partial charge on any atom is 0.318 e. The number of rotatable bonds is 7. The van der Waals surface area contributed by atoms with Crippen molar-refractivity contribution in [3.8, 4) is 0 Å². The van der Waals surface area contributed by atoms with Crippen molar-refractivity contribution in [2.24, 2.45) is 5.92 Å². The van der Waals surface area contributed by atoms with Gasteiger partial charge in [0.25, 0.3) is 5.91 Å². The summed E-state index contributed by atoms with van der Waals surface area (Å²) in [5.41, 5.74) is 2.40. The predicted octanol–water partition coefficient (Wildman–Crippen LogP) is 4.24. The number of carbonyl (C=O) groups excluding carboxylic acids is 3. The summed E-state index contributed by atoms with van der Waals surface area (Å²) in [7, 11) is 0. The van der Waals surface area contributed by atoms with Crippen molar-refractivity contribution in [2.45, 2.75) is 18.8 Å². The molecule has 0 radical (unpaired) electrons. The first-order chi connectivity index (χ1) is 16.6. The summed E-state index contributed by atoms with van der Waals surface area (Å²) in [6.07, 6.45) is 1.16. The summed E-state index contributed by atoms with van der Waals surface area (Å²) >= 11 is 0. The molecule has 34 heavy (non-hydrogen) atoms. The Bertz CT molecular complexity index is 1060. The minimum atomic E-state index is -0.595. The molecule has 174 valence electrons. The van der Waals surface area contributed by atoms with Crippen molar-refractivity contribution in [1.29, 1.82) is 0 Å². The van der Waals surface area contributed by atoms with Crippen LogP contribution in [-0.4, -0.2) is 42.4 Å². The molecule has 3 aromatic carbocycles. The summed E-state index contributed by atoms with van der Waals surface area (Å²) in [6, 6.07) is 28.2. The van der Waals surface area contributed by atoms with E-state index in [9.17, 15) is 14.4 Å². The van der Waals surface area contributed by atoms with Crippen molar-refractivity contribution < 1.29 is 19.1 Å². The maximum absolute atomic E-state index is 13.0. The molecular formula is C28H28N2O4. The van der Waals surface area contributed by atoms with Gasteiger partial charge in [0.15, 0.2) is 6.61 Å². The minimum Gasteiger partial charge on any atom is -0.455 e. The van der Waals surface area contributed by atoms with E-state index in [-0.39, 0.29) is 24.3 Å². The number of piperidine rings is 1. The third-order valence-electron chi connectivity index (χ3n) is 6.10. The highest BCUT2D eigenvalue weighted by Crippen LogP contribution is 2.26. The second kappa shape index (κ2) is 11.3. The van der Waals surface area contributed by atoms with E-state index in [1.54, 1.807) is 4.90 Å². The van der Waals surface area contributed by atoms with Crippen LogP contribution in [0.4, 0.5) is 5.69 Å². The molecule has 1 fully saturated rings. The van der Waals surface area contributed by atoms with Gasteiger partial charge in [-0.2, -0.15) is 0 Å². The molecular weight excluding hydrogens is 428 g/mol. The lowest BCUT2D eigenvalue weighted by molar-refractivity contribution is -0.153. The first kappa shape index (κ1) is 23.2. The molecule has 0 unspecified atom stereocenters. The van der Waals surface area contributed by atoms with Gasteiger partial charge < -0.3 is 15.0 Å². The molecule has 1 saturated heterocycles. The Morgan fingerprint density at radius 3 is 1.82 bits per heavy atom. The van der Waals surface area contributed by atoms with Gasteiger partial charge in [0.1, 0.15) is 5.92 Å². The SMILES string of the molecule is O=C(Nc1ccccc1)C1CCN(C(=O)COC(=O)C(c2ccccc2)c2ccccc2)CC1. The highest BCUT2D eigenvalue weighted by atomic mass is 16.5. The zero-order chi connectivity index (χ0) is 23.8. The molecule has 0 spiro atoms. The lowest BCUT2D eigenvalue weighted by Crippen LogP contribution is -2.43. The normalized spacial score (nSPS) is 14.0. The van der Waals surface area contributed by atoms with E-state index < -0.39 is 11.9 Å². The summed E-state index contributed by atoms with van der Waals surface area (Å²) in [5, 5.41) is 2.93. The smallest absolute Gasteiger partial charge is 0.318 e. The van der Waals surface area contributed by atoms with Crippen LogP contribution in [0.1, 0.15) is 29.9 Å². The van der Waals surface area contributed by atoms with Gasteiger partial charge >= 0.3 is 5.97 Å². The maximum atomic E-state index is 13.0. The van der Waals surface area contributed by atoms with Gasteiger partial charge in [-0.05, 0) is 36.1 Å². The number of anilines is 1. The number of esters is 1. The number of ether oxygens (including phenoxy) is 1. The van der Waals surface area contributed by atoms with Crippen molar-refractivity contribution >= 4 is 23.5 Å². The fraction of sp³-hybridized carbons (Fsp3) is 0.250. The molecule has 6 nitrogen and oxygen atoms in total. The molecule has 3 aromatic rings. The zero-order valence-corrected chi connectivity index (χ0v) is 18.9. The standard InChI is InChI=1S/C28H28N2O4/c31-25(30-18-16-23(17-19-30)27(32)29-24-14-8-3-9-15-24)20-34-28(33)26(21-10-4-1-5-11-21)22-12-6-2-7-13-22/h1-15,23,26H,16-20H2,(H,29,32). The first-order valence-electron chi connectivity index (χ1n) is 11.5. The topological polar surface area (TPSA) is 75.7 Å². The molecule has 0 saturated carbocycles. The number of likely N-dealkylation sites (tertiary alicyclic amines) is 1. The molecule has 0 aromatic heterocycles. The van der Waals surface area contributed by atoms with E-state index in [2.05, 4.69) is 5.32 Å². The van der Waals surface area contributed by atoms with Crippen LogP contribution in [0.5, 0.6) is 0 Å². The van der Waals surface area contributed by atoms with Crippen LogP contribution < -0.4 is 5.32 Å². The lowest BCUT2D eigenvalue weighted by Gasteiger charge is -2.31. The largest absolute Gasteiger partial charge is 0.455 e. The fourth-order valence-corrected chi connectivity index (χ4v) is 4.22. The Balaban J connectivity index is 1.30. The summed E-state index contributed by atoms with van der Waals surface area (Å²) in [4.78, 5) is 39.9. The predicted molar refractivity (Wildman–Crippen MR) is 130 cm³/mol. The Hall–Kier alpha value is -3.93. The number of amides is 2. The lowest BCUT2D eigenvalue weighted by atomic mass is 9.91. The Kier molecular flexibility index (Phi) is 7.71. The van der Waals surface area contributed by atoms with E-state index in [1.807, 2.05) is 91.0 Å². The molecule has 1 N–H and O–H groups in total. The van der Waals surface area contributed by atoms with Gasteiger partial charge in [0.2, 0.25) is 5.91 Å². The van der Waals surface area contributed by atoms with Crippen LogP contribution in [0.3, 0.4) is 0 Å². The second-order valence-electron chi connectivity index (χ2n) is 8.37. The molecule has 0 atom stereocenters. The number of nitrogens with zero attached hydrogens (tertiary/aromatic N) is 1. The highest BCUT2D eigenvalue weighted by Gasteiger charge is 2.29. The number of benzene rings is 3. The molecule has 1 aliphatic heterocycles. The van der Waals surface area contributed by atoms with Crippen LogP contribution >= 0.6 is 0 Å².